The van der Waals surface area contributed by atoms with Crippen molar-refractivity contribution >= 4 is 6.03 Å². The molecule has 1 aliphatic heterocycles. The molecule has 2 saturated carbocycles. The second-order valence-electron chi connectivity index (χ2n) is 8.22. The summed E-state index contributed by atoms with van der Waals surface area (Å²) >= 11 is 0. The highest BCUT2D eigenvalue weighted by atomic mass is 16.3. The van der Waals surface area contributed by atoms with Crippen LogP contribution in [0.1, 0.15) is 71.1 Å². The van der Waals surface area contributed by atoms with Gasteiger partial charge in [0, 0.05) is 31.2 Å². The number of nitrogens with one attached hydrogen (secondary N) is 2. The van der Waals surface area contributed by atoms with Crippen molar-refractivity contribution in [2.75, 3.05) is 13.1 Å². The van der Waals surface area contributed by atoms with Crippen molar-refractivity contribution in [1.82, 2.24) is 15.5 Å². The van der Waals surface area contributed by atoms with Gasteiger partial charge in [0.15, 0.2) is 0 Å². The van der Waals surface area contributed by atoms with Gasteiger partial charge in [0.25, 0.3) is 0 Å². The Kier molecular flexibility index (Phi) is 6.39. The maximum absolute atomic E-state index is 12.3. The van der Waals surface area contributed by atoms with E-state index in [1.54, 1.807) is 0 Å². The molecule has 1 heterocycles. The Morgan fingerprint density at radius 2 is 1.58 bits per heavy atom. The number of aliphatic hydroxyl groups excluding tert-OH is 1. The van der Waals surface area contributed by atoms with Crippen LogP contribution in [0.5, 0.6) is 0 Å². The van der Waals surface area contributed by atoms with E-state index in [1.807, 2.05) is 0 Å². The van der Waals surface area contributed by atoms with Gasteiger partial charge in [0.1, 0.15) is 0 Å². The van der Waals surface area contributed by atoms with Crippen molar-refractivity contribution in [2.24, 2.45) is 5.92 Å². The number of likely N-dealkylation sites (tertiary alicyclic amines) is 1. The SMILES string of the molecule is CC1CCCCC1NC(=O)NC1CCN(C2CCCCC2O)CC1. The van der Waals surface area contributed by atoms with Gasteiger partial charge in [-0.1, -0.05) is 32.6 Å². The molecule has 3 fully saturated rings. The summed E-state index contributed by atoms with van der Waals surface area (Å²) in [6, 6.07) is 0.985. The molecule has 0 aromatic carbocycles. The van der Waals surface area contributed by atoms with Gasteiger partial charge in [-0.25, -0.2) is 4.79 Å². The Hall–Kier alpha value is -0.810. The highest BCUT2D eigenvalue weighted by Gasteiger charge is 2.32. The number of piperidine rings is 1. The smallest absolute Gasteiger partial charge is 0.315 e. The standard InChI is InChI=1S/C19H35N3O2/c1-14-6-2-3-7-16(14)21-19(24)20-15-10-12-22(13-11-15)17-8-4-5-9-18(17)23/h14-18,23H,2-13H2,1H3,(H2,20,21,24). The quantitative estimate of drug-likeness (QED) is 0.742. The molecule has 3 aliphatic rings. The molecule has 24 heavy (non-hydrogen) atoms. The molecule has 0 aromatic heterocycles. The van der Waals surface area contributed by atoms with E-state index >= 15 is 0 Å². The molecule has 5 nitrogen and oxygen atoms in total. The first kappa shape index (κ1) is 18.0. The van der Waals surface area contributed by atoms with Crippen LogP contribution in [0.25, 0.3) is 0 Å². The summed E-state index contributed by atoms with van der Waals surface area (Å²) in [5.41, 5.74) is 0. The fourth-order valence-corrected chi connectivity index (χ4v) is 4.82. The molecule has 4 atom stereocenters. The summed E-state index contributed by atoms with van der Waals surface area (Å²) < 4.78 is 0. The molecule has 3 N–H and O–H groups in total. The number of amides is 2. The average Bonchev–Trinajstić information content (AvgIpc) is 2.58. The van der Waals surface area contributed by atoms with Crippen molar-refractivity contribution in [3.63, 3.8) is 0 Å². The van der Waals surface area contributed by atoms with Gasteiger partial charge in [-0.2, -0.15) is 0 Å². The average molecular weight is 338 g/mol. The second kappa shape index (κ2) is 8.52. The van der Waals surface area contributed by atoms with E-state index in [0.717, 1.165) is 51.6 Å². The minimum Gasteiger partial charge on any atom is -0.391 e. The molecule has 2 aliphatic carbocycles. The van der Waals surface area contributed by atoms with E-state index in [2.05, 4.69) is 22.5 Å². The van der Waals surface area contributed by atoms with E-state index in [0.29, 0.717) is 18.0 Å². The first-order valence-corrected chi connectivity index (χ1v) is 10.1. The van der Waals surface area contributed by atoms with Gasteiger partial charge < -0.3 is 15.7 Å². The summed E-state index contributed by atoms with van der Waals surface area (Å²) in [6.45, 7) is 4.23. The molecule has 138 valence electrons. The maximum Gasteiger partial charge on any atom is 0.315 e. The van der Waals surface area contributed by atoms with E-state index in [-0.39, 0.29) is 18.2 Å². The molecule has 4 unspecified atom stereocenters. The van der Waals surface area contributed by atoms with E-state index in [9.17, 15) is 9.90 Å². The minimum absolute atomic E-state index is 0.0184. The summed E-state index contributed by atoms with van der Waals surface area (Å²) in [4.78, 5) is 14.7. The van der Waals surface area contributed by atoms with Crippen molar-refractivity contribution in [2.45, 2.75) is 95.4 Å². The molecule has 3 rings (SSSR count). The molecular weight excluding hydrogens is 302 g/mol. The predicted molar refractivity (Wildman–Crippen MR) is 95.9 cm³/mol. The molecule has 5 heteroatoms. The van der Waals surface area contributed by atoms with Gasteiger partial charge >= 0.3 is 6.03 Å². The van der Waals surface area contributed by atoms with Crippen LogP contribution in [0.3, 0.4) is 0 Å². The van der Waals surface area contributed by atoms with Crippen LogP contribution in [-0.4, -0.2) is 53.4 Å². The summed E-state index contributed by atoms with van der Waals surface area (Å²) in [5.74, 6) is 0.596. The van der Waals surface area contributed by atoms with Crippen molar-refractivity contribution in [3.05, 3.63) is 0 Å². The fraction of sp³-hybridized carbons (Fsp3) is 0.947. The molecule has 0 bridgehead atoms. The van der Waals surface area contributed by atoms with Gasteiger partial charge in [-0.15, -0.1) is 0 Å². The molecule has 2 amide bonds. The normalized spacial score (nSPS) is 36.2. The van der Waals surface area contributed by atoms with Crippen molar-refractivity contribution in [1.29, 1.82) is 0 Å². The number of hydrogen-bond donors (Lipinski definition) is 3. The van der Waals surface area contributed by atoms with Gasteiger partial charge in [0.05, 0.1) is 6.10 Å². The van der Waals surface area contributed by atoms with Crippen LogP contribution in [0.4, 0.5) is 4.79 Å². The zero-order valence-corrected chi connectivity index (χ0v) is 15.2. The summed E-state index contributed by atoms with van der Waals surface area (Å²) in [7, 11) is 0. The highest BCUT2D eigenvalue weighted by molar-refractivity contribution is 5.74. The van der Waals surface area contributed by atoms with Crippen LogP contribution in [0.2, 0.25) is 0 Å². The summed E-state index contributed by atoms with van der Waals surface area (Å²) in [6.07, 6.45) is 11.2. The Labute approximate surface area is 146 Å². The Morgan fingerprint density at radius 3 is 2.29 bits per heavy atom. The number of nitrogens with zero attached hydrogens (tertiary/aromatic N) is 1. The highest BCUT2D eigenvalue weighted by Crippen LogP contribution is 2.26. The van der Waals surface area contributed by atoms with Crippen LogP contribution in [-0.2, 0) is 0 Å². The third-order valence-electron chi connectivity index (χ3n) is 6.46. The van der Waals surface area contributed by atoms with Gasteiger partial charge in [-0.05, 0) is 44.4 Å². The third kappa shape index (κ3) is 4.63. The fourth-order valence-electron chi connectivity index (χ4n) is 4.82. The third-order valence-corrected chi connectivity index (χ3v) is 6.46. The lowest BCUT2D eigenvalue weighted by Gasteiger charge is -2.41. The first-order chi connectivity index (χ1) is 11.6. The maximum atomic E-state index is 12.3. The minimum atomic E-state index is -0.153. The Bertz CT molecular complexity index is 409. The lowest BCUT2D eigenvalue weighted by atomic mass is 9.86. The number of rotatable bonds is 3. The van der Waals surface area contributed by atoms with Gasteiger partial charge in [-0.3, -0.25) is 4.90 Å². The Balaban J connectivity index is 1.39. The van der Waals surface area contributed by atoms with Crippen molar-refractivity contribution in [3.8, 4) is 0 Å². The second-order valence-corrected chi connectivity index (χ2v) is 8.22. The first-order valence-electron chi connectivity index (χ1n) is 10.1. The lowest BCUT2D eigenvalue weighted by molar-refractivity contribution is 0.00773. The predicted octanol–water partition coefficient (Wildman–Crippen LogP) is 2.63. The number of carbonyl (C=O) groups is 1. The Morgan fingerprint density at radius 1 is 0.917 bits per heavy atom. The molecule has 1 saturated heterocycles. The lowest BCUT2D eigenvalue weighted by Crippen LogP contribution is -2.54. The zero-order chi connectivity index (χ0) is 16.9. The van der Waals surface area contributed by atoms with E-state index in [4.69, 9.17) is 0 Å². The van der Waals surface area contributed by atoms with Crippen LogP contribution in [0.15, 0.2) is 0 Å². The topological polar surface area (TPSA) is 64.6 Å². The largest absolute Gasteiger partial charge is 0.391 e. The zero-order valence-electron chi connectivity index (χ0n) is 15.2. The number of urea groups is 1. The van der Waals surface area contributed by atoms with Crippen molar-refractivity contribution < 1.29 is 9.90 Å². The number of hydrogen-bond acceptors (Lipinski definition) is 3. The number of carbonyl (C=O) groups excluding carboxylic acids is 1. The molecular formula is C19H35N3O2. The van der Waals surface area contributed by atoms with Gasteiger partial charge in [0.2, 0.25) is 0 Å². The molecule has 0 aromatic rings. The summed E-state index contributed by atoms with van der Waals surface area (Å²) in [5, 5.41) is 16.6. The van der Waals surface area contributed by atoms with E-state index < -0.39 is 0 Å². The molecule has 0 radical (unpaired) electrons. The van der Waals surface area contributed by atoms with E-state index in [1.165, 1.54) is 25.7 Å². The number of aliphatic hydroxyl groups is 1. The van der Waals surface area contributed by atoms with Crippen LogP contribution >= 0.6 is 0 Å². The monoisotopic (exact) mass is 337 g/mol. The van der Waals surface area contributed by atoms with Crippen LogP contribution < -0.4 is 10.6 Å². The molecule has 0 spiro atoms. The van der Waals surface area contributed by atoms with Crippen LogP contribution in [0, 0.1) is 5.92 Å².